The predicted octanol–water partition coefficient (Wildman–Crippen LogP) is 3.15. The fourth-order valence-electron chi connectivity index (χ4n) is 2.01. The number of amides is 1. The van der Waals surface area contributed by atoms with Crippen LogP contribution in [0.15, 0.2) is 48.8 Å². The van der Waals surface area contributed by atoms with Crippen LogP contribution in [0.3, 0.4) is 0 Å². The van der Waals surface area contributed by atoms with E-state index in [-0.39, 0.29) is 12.3 Å². The highest BCUT2D eigenvalue weighted by Gasteiger charge is 2.09. The highest BCUT2D eigenvalue weighted by atomic mass is 35.5. The maximum absolute atomic E-state index is 12.2. The van der Waals surface area contributed by atoms with Gasteiger partial charge in [0.25, 0.3) is 0 Å². The molecule has 0 saturated heterocycles. The van der Waals surface area contributed by atoms with Crippen molar-refractivity contribution >= 4 is 34.8 Å². The van der Waals surface area contributed by atoms with Crippen LogP contribution in [0.1, 0.15) is 5.56 Å². The molecule has 2 aromatic carbocycles. The number of benzene rings is 2. The monoisotopic (exact) mass is 347 g/mol. The maximum Gasteiger partial charge on any atom is 0.228 e. The molecule has 0 aliphatic carbocycles. The summed E-state index contributed by atoms with van der Waals surface area (Å²) >= 11 is 12.0. The number of hydrogen-bond acceptors (Lipinski definition) is 4. The highest BCUT2D eigenvalue weighted by Crippen LogP contribution is 2.24. The molecule has 0 bridgehead atoms. The number of nitrogens with zero attached hydrogens (tertiary/aromatic N) is 4. The van der Waals surface area contributed by atoms with Crippen LogP contribution >= 0.6 is 23.2 Å². The van der Waals surface area contributed by atoms with Crippen LogP contribution in [0.4, 0.5) is 5.69 Å². The lowest BCUT2D eigenvalue weighted by Gasteiger charge is -2.09. The fraction of sp³-hybridized carbons (Fsp3) is 0.0667. The summed E-state index contributed by atoms with van der Waals surface area (Å²) in [7, 11) is 0. The third-order valence-electron chi connectivity index (χ3n) is 3.12. The van der Waals surface area contributed by atoms with Crippen LogP contribution in [-0.2, 0) is 11.2 Å². The Balaban J connectivity index is 1.75. The van der Waals surface area contributed by atoms with E-state index >= 15 is 0 Å². The van der Waals surface area contributed by atoms with E-state index in [1.54, 1.807) is 42.5 Å². The molecule has 0 spiro atoms. The molecule has 116 valence electrons. The zero-order chi connectivity index (χ0) is 16.2. The summed E-state index contributed by atoms with van der Waals surface area (Å²) < 4.78 is 1.48. The van der Waals surface area contributed by atoms with E-state index in [1.165, 1.54) is 11.0 Å². The number of nitrogens with one attached hydrogen (secondary N) is 1. The van der Waals surface area contributed by atoms with Gasteiger partial charge >= 0.3 is 0 Å². The molecule has 0 unspecified atom stereocenters. The molecule has 0 aliphatic rings. The van der Waals surface area contributed by atoms with E-state index < -0.39 is 0 Å². The molecule has 3 rings (SSSR count). The second-order valence-electron chi connectivity index (χ2n) is 4.77. The first-order valence-electron chi connectivity index (χ1n) is 6.69. The average Bonchev–Trinajstić information content (AvgIpc) is 3.06. The van der Waals surface area contributed by atoms with Gasteiger partial charge in [-0.15, -0.1) is 5.10 Å². The van der Waals surface area contributed by atoms with Gasteiger partial charge in [0.2, 0.25) is 5.91 Å². The van der Waals surface area contributed by atoms with Gasteiger partial charge in [-0.2, -0.15) is 0 Å². The Morgan fingerprint density at radius 3 is 2.61 bits per heavy atom. The quantitative estimate of drug-likeness (QED) is 0.786. The van der Waals surface area contributed by atoms with E-state index in [2.05, 4.69) is 20.8 Å². The Morgan fingerprint density at radius 1 is 1.13 bits per heavy atom. The normalized spacial score (nSPS) is 10.5. The first kappa shape index (κ1) is 15.5. The number of tetrazole rings is 1. The standard InChI is InChI=1S/C15H11Cl2N5O/c16-11-3-1-10(2-4-11)7-15(23)19-14-8-12(5-6-13(14)17)22-9-18-20-21-22/h1-6,8-9H,7H2,(H,19,23). The Kier molecular flexibility index (Phi) is 4.55. The van der Waals surface area contributed by atoms with Gasteiger partial charge in [-0.25, -0.2) is 4.68 Å². The van der Waals surface area contributed by atoms with Gasteiger partial charge in [0.1, 0.15) is 6.33 Å². The molecule has 8 heteroatoms. The summed E-state index contributed by atoms with van der Waals surface area (Å²) in [6.45, 7) is 0. The molecule has 6 nitrogen and oxygen atoms in total. The zero-order valence-electron chi connectivity index (χ0n) is 11.8. The second-order valence-corrected chi connectivity index (χ2v) is 5.61. The van der Waals surface area contributed by atoms with Crippen molar-refractivity contribution in [2.75, 3.05) is 5.32 Å². The topological polar surface area (TPSA) is 72.7 Å². The molecule has 0 saturated carbocycles. The number of anilines is 1. The minimum absolute atomic E-state index is 0.178. The van der Waals surface area contributed by atoms with Crippen molar-refractivity contribution in [3.8, 4) is 5.69 Å². The van der Waals surface area contributed by atoms with E-state index in [0.717, 1.165) is 5.56 Å². The molecule has 0 atom stereocenters. The molecule has 1 amide bonds. The van der Waals surface area contributed by atoms with Gasteiger partial charge in [-0.05, 0) is 46.3 Å². The van der Waals surface area contributed by atoms with Gasteiger partial charge in [-0.3, -0.25) is 4.79 Å². The SMILES string of the molecule is O=C(Cc1ccc(Cl)cc1)Nc1cc(-n2cnnn2)ccc1Cl. The predicted molar refractivity (Wildman–Crippen MR) is 87.9 cm³/mol. The molecule has 3 aromatic rings. The summed E-state index contributed by atoms with van der Waals surface area (Å²) in [5.74, 6) is -0.178. The van der Waals surface area contributed by atoms with Crippen molar-refractivity contribution in [1.29, 1.82) is 0 Å². The minimum Gasteiger partial charge on any atom is -0.324 e. The molecule has 1 aromatic heterocycles. The van der Waals surface area contributed by atoms with Crippen LogP contribution in [0.5, 0.6) is 0 Å². The zero-order valence-corrected chi connectivity index (χ0v) is 13.3. The Hall–Kier alpha value is -2.44. The molecule has 1 heterocycles. The van der Waals surface area contributed by atoms with Crippen LogP contribution < -0.4 is 5.32 Å². The Labute approximate surface area is 142 Å². The summed E-state index contributed by atoms with van der Waals surface area (Å²) in [6.07, 6.45) is 1.69. The number of halogens is 2. The number of carbonyl (C=O) groups excluding carboxylic acids is 1. The Bertz CT molecular complexity index is 818. The van der Waals surface area contributed by atoms with Crippen molar-refractivity contribution in [1.82, 2.24) is 20.2 Å². The first-order chi connectivity index (χ1) is 11.1. The third-order valence-corrected chi connectivity index (χ3v) is 3.70. The summed E-state index contributed by atoms with van der Waals surface area (Å²) in [6, 6.07) is 12.2. The largest absolute Gasteiger partial charge is 0.324 e. The number of carbonyl (C=O) groups is 1. The lowest BCUT2D eigenvalue weighted by Crippen LogP contribution is -2.15. The van der Waals surface area contributed by atoms with Crippen LogP contribution in [-0.4, -0.2) is 26.1 Å². The van der Waals surface area contributed by atoms with Gasteiger partial charge < -0.3 is 5.32 Å². The Morgan fingerprint density at radius 2 is 1.91 bits per heavy atom. The second kappa shape index (κ2) is 6.76. The van der Waals surface area contributed by atoms with Crippen molar-refractivity contribution in [2.24, 2.45) is 0 Å². The van der Waals surface area contributed by atoms with Crippen LogP contribution in [0.25, 0.3) is 5.69 Å². The van der Waals surface area contributed by atoms with E-state index in [0.29, 0.717) is 21.4 Å². The molecule has 1 N–H and O–H groups in total. The van der Waals surface area contributed by atoms with Gasteiger partial charge in [-0.1, -0.05) is 35.3 Å². The molecule has 0 aliphatic heterocycles. The van der Waals surface area contributed by atoms with Gasteiger partial charge in [0, 0.05) is 5.02 Å². The molecular formula is C15H11Cl2N5O. The third kappa shape index (κ3) is 3.85. The average molecular weight is 348 g/mol. The molecular weight excluding hydrogens is 337 g/mol. The smallest absolute Gasteiger partial charge is 0.228 e. The van der Waals surface area contributed by atoms with Crippen molar-refractivity contribution in [3.05, 3.63) is 64.4 Å². The molecule has 0 fully saturated rings. The number of aromatic nitrogens is 4. The van der Waals surface area contributed by atoms with E-state index in [9.17, 15) is 4.79 Å². The number of rotatable bonds is 4. The summed E-state index contributed by atoms with van der Waals surface area (Å²) in [4.78, 5) is 12.2. The van der Waals surface area contributed by atoms with Crippen LogP contribution in [0, 0.1) is 0 Å². The summed E-state index contributed by atoms with van der Waals surface area (Å²) in [5, 5.41) is 14.8. The van der Waals surface area contributed by atoms with Gasteiger partial charge in [0.05, 0.1) is 22.8 Å². The van der Waals surface area contributed by atoms with Crippen molar-refractivity contribution in [2.45, 2.75) is 6.42 Å². The van der Waals surface area contributed by atoms with Crippen LogP contribution in [0.2, 0.25) is 10.0 Å². The highest BCUT2D eigenvalue weighted by molar-refractivity contribution is 6.33. The maximum atomic E-state index is 12.2. The lowest BCUT2D eigenvalue weighted by atomic mass is 10.1. The minimum atomic E-state index is -0.178. The number of hydrogen-bond donors (Lipinski definition) is 1. The first-order valence-corrected chi connectivity index (χ1v) is 7.44. The van der Waals surface area contributed by atoms with E-state index in [4.69, 9.17) is 23.2 Å². The fourth-order valence-corrected chi connectivity index (χ4v) is 2.30. The van der Waals surface area contributed by atoms with E-state index in [1.807, 2.05) is 0 Å². The molecule has 0 radical (unpaired) electrons. The lowest BCUT2D eigenvalue weighted by molar-refractivity contribution is -0.115. The van der Waals surface area contributed by atoms with Crippen molar-refractivity contribution in [3.63, 3.8) is 0 Å². The van der Waals surface area contributed by atoms with Crippen molar-refractivity contribution < 1.29 is 4.79 Å². The van der Waals surface area contributed by atoms with Gasteiger partial charge in [0.15, 0.2) is 0 Å². The summed E-state index contributed by atoms with van der Waals surface area (Å²) in [5.41, 5.74) is 2.06. The molecule has 23 heavy (non-hydrogen) atoms.